The van der Waals surface area contributed by atoms with Crippen molar-refractivity contribution in [1.29, 1.82) is 5.26 Å². The first kappa shape index (κ1) is 24.3. The molecule has 0 radical (unpaired) electrons. The number of nitriles is 1. The van der Waals surface area contributed by atoms with Crippen LogP contribution in [0.3, 0.4) is 0 Å². The Morgan fingerprint density at radius 1 is 1.30 bits per heavy atom. The number of aryl methyl sites for hydroxylation is 1. The van der Waals surface area contributed by atoms with Crippen LogP contribution in [0.4, 0.5) is 20.3 Å². The van der Waals surface area contributed by atoms with Crippen molar-refractivity contribution in [2.24, 2.45) is 0 Å². The zero-order valence-corrected chi connectivity index (χ0v) is 19.3. The van der Waals surface area contributed by atoms with Crippen molar-refractivity contribution in [3.63, 3.8) is 0 Å². The molecule has 2 N–H and O–H groups in total. The van der Waals surface area contributed by atoms with Gasteiger partial charge < -0.3 is 20.3 Å². The molecule has 1 amide bonds. The first-order chi connectivity index (χ1) is 15.9. The Hall–Kier alpha value is -3.36. The molecule has 3 aromatic rings. The summed E-state index contributed by atoms with van der Waals surface area (Å²) in [5.41, 5.74) is 1.37. The fourth-order valence-corrected chi connectivity index (χ4v) is 4.13. The molecule has 0 spiro atoms. The van der Waals surface area contributed by atoms with Gasteiger partial charge in [-0.05, 0) is 38.7 Å². The number of likely N-dealkylation sites (N-methyl/N-ethyl adjacent to an activating group) is 1. The van der Waals surface area contributed by atoms with Gasteiger partial charge in [0.2, 0.25) is 0 Å². The maximum atomic E-state index is 13.0. The summed E-state index contributed by atoms with van der Waals surface area (Å²) in [6.07, 6.45) is 0.0787. The molecule has 0 unspecified atom stereocenters. The molecule has 2 aromatic heterocycles. The lowest BCUT2D eigenvalue weighted by Crippen LogP contribution is -2.31. The maximum Gasteiger partial charge on any atom is 0.261 e. The van der Waals surface area contributed by atoms with Crippen LogP contribution in [0.15, 0.2) is 24.5 Å². The van der Waals surface area contributed by atoms with Crippen molar-refractivity contribution in [2.45, 2.75) is 13.0 Å². The zero-order valence-electron chi connectivity index (χ0n) is 18.5. The lowest BCUT2D eigenvalue weighted by atomic mass is 10.1. The van der Waals surface area contributed by atoms with Crippen LogP contribution in [-0.4, -0.2) is 67.4 Å². The van der Waals surface area contributed by atoms with E-state index in [4.69, 9.17) is 4.74 Å². The molecule has 0 aliphatic rings. The summed E-state index contributed by atoms with van der Waals surface area (Å²) in [6, 6.07) is 6.51. The molecule has 0 fully saturated rings. The molecule has 1 aromatic carbocycles. The summed E-state index contributed by atoms with van der Waals surface area (Å²) in [5, 5.41) is 15.8. The highest BCUT2D eigenvalue weighted by molar-refractivity contribution is 7.20. The van der Waals surface area contributed by atoms with E-state index in [1.54, 1.807) is 12.1 Å². The van der Waals surface area contributed by atoms with E-state index in [1.807, 2.05) is 32.0 Å². The van der Waals surface area contributed by atoms with E-state index in [0.29, 0.717) is 45.3 Å². The molecular formula is C22H24F2N6O2S. The van der Waals surface area contributed by atoms with E-state index in [9.17, 15) is 18.8 Å². The van der Waals surface area contributed by atoms with Crippen molar-refractivity contribution in [1.82, 2.24) is 20.2 Å². The summed E-state index contributed by atoms with van der Waals surface area (Å²) >= 11 is 1.25. The molecule has 0 aliphatic heterocycles. The molecule has 8 nitrogen and oxygen atoms in total. The number of rotatable bonds is 10. The third-order valence-corrected chi connectivity index (χ3v) is 5.98. The van der Waals surface area contributed by atoms with Gasteiger partial charge in [0.1, 0.15) is 36.1 Å². The number of thiophene rings is 1. The second-order valence-electron chi connectivity index (χ2n) is 7.51. The van der Waals surface area contributed by atoms with Crippen molar-refractivity contribution in [3.05, 3.63) is 40.5 Å². The molecule has 3 rings (SSSR count). The minimum Gasteiger partial charge on any atom is -0.483 e. The van der Waals surface area contributed by atoms with Gasteiger partial charge in [-0.25, -0.2) is 18.7 Å². The van der Waals surface area contributed by atoms with Crippen LogP contribution in [0.2, 0.25) is 0 Å². The first-order valence-corrected chi connectivity index (χ1v) is 11.0. The maximum absolute atomic E-state index is 13.0. The molecule has 0 saturated carbocycles. The molecule has 0 atom stereocenters. The van der Waals surface area contributed by atoms with Crippen LogP contribution in [0.25, 0.3) is 10.2 Å². The van der Waals surface area contributed by atoms with Crippen molar-refractivity contribution < 1.29 is 18.3 Å². The van der Waals surface area contributed by atoms with E-state index in [2.05, 4.69) is 20.6 Å². The van der Waals surface area contributed by atoms with E-state index < -0.39 is 19.5 Å². The van der Waals surface area contributed by atoms with Crippen LogP contribution in [0.1, 0.15) is 20.8 Å². The average Bonchev–Trinajstić information content (AvgIpc) is 3.15. The Labute approximate surface area is 194 Å². The number of halogens is 2. The lowest BCUT2D eigenvalue weighted by molar-refractivity contribution is 0.0954. The minimum atomic E-state index is -1.29. The highest BCUT2D eigenvalue weighted by Gasteiger charge is 2.21. The van der Waals surface area contributed by atoms with Crippen molar-refractivity contribution in [3.8, 4) is 11.8 Å². The van der Waals surface area contributed by atoms with E-state index >= 15 is 0 Å². The largest absolute Gasteiger partial charge is 0.483 e. The summed E-state index contributed by atoms with van der Waals surface area (Å²) in [6.45, 7) is 1.00. The van der Waals surface area contributed by atoms with Crippen LogP contribution < -0.4 is 15.4 Å². The average molecular weight is 475 g/mol. The predicted octanol–water partition coefficient (Wildman–Crippen LogP) is 3.59. The highest BCUT2D eigenvalue weighted by atomic mass is 32.1. The summed E-state index contributed by atoms with van der Waals surface area (Å²) in [7, 11) is 3.85. The number of amides is 1. The number of ether oxygens (including phenoxy) is 1. The zero-order chi connectivity index (χ0) is 24.0. The molecular weight excluding hydrogens is 450 g/mol. The van der Waals surface area contributed by atoms with Gasteiger partial charge >= 0.3 is 0 Å². The molecule has 174 valence electrons. The standard InChI is InChI=1S/C22H24F2N6O2S/c1-13-18-20(27-12-28-22(18)33-19(13)21(31)26-6-7-30(2)3)29-16-5-4-14(11-25)8-17(16)32-15(9-23)10-24/h4-5,8,12,15H,6-7,9-10H2,1-3H3,(H,26,31)(H,27,28,29). The number of carbonyl (C=O) groups excluding carboxylic acids is 1. The number of carbonyl (C=O) groups is 1. The monoisotopic (exact) mass is 474 g/mol. The van der Waals surface area contributed by atoms with Crippen molar-refractivity contribution >= 4 is 39.0 Å². The highest BCUT2D eigenvalue weighted by Crippen LogP contribution is 2.36. The number of benzene rings is 1. The van der Waals surface area contributed by atoms with E-state index in [0.717, 1.165) is 0 Å². The van der Waals surface area contributed by atoms with Crippen LogP contribution in [0, 0.1) is 18.3 Å². The Balaban J connectivity index is 1.95. The van der Waals surface area contributed by atoms with E-state index in [1.165, 1.54) is 23.7 Å². The molecule has 2 heterocycles. The molecule has 0 aliphatic carbocycles. The predicted molar refractivity (Wildman–Crippen MR) is 124 cm³/mol. The Morgan fingerprint density at radius 2 is 2.06 bits per heavy atom. The Morgan fingerprint density at radius 3 is 2.73 bits per heavy atom. The quantitative estimate of drug-likeness (QED) is 0.463. The smallest absolute Gasteiger partial charge is 0.261 e. The fourth-order valence-electron chi connectivity index (χ4n) is 3.06. The van der Waals surface area contributed by atoms with E-state index in [-0.39, 0.29) is 17.2 Å². The lowest BCUT2D eigenvalue weighted by Gasteiger charge is -2.17. The van der Waals surface area contributed by atoms with Crippen LogP contribution >= 0.6 is 11.3 Å². The van der Waals surface area contributed by atoms with Crippen LogP contribution in [0.5, 0.6) is 5.75 Å². The van der Waals surface area contributed by atoms with Gasteiger partial charge in [-0.3, -0.25) is 4.79 Å². The number of alkyl halides is 2. The molecule has 33 heavy (non-hydrogen) atoms. The Kier molecular flexibility index (Phi) is 8.08. The Bertz CT molecular complexity index is 1170. The molecule has 0 bridgehead atoms. The number of anilines is 2. The third-order valence-electron chi connectivity index (χ3n) is 4.78. The SMILES string of the molecule is Cc1c(C(=O)NCCN(C)C)sc2ncnc(Nc3ccc(C#N)cc3OC(CF)CF)c12. The molecule has 11 heteroatoms. The topological polar surface area (TPSA) is 103 Å². The second-order valence-corrected chi connectivity index (χ2v) is 8.51. The van der Waals surface area contributed by atoms with Gasteiger partial charge in [-0.15, -0.1) is 11.3 Å². The molecule has 0 saturated heterocycles. The number of fused-ring (bicyclic) bond motifs is 1. The number of nitrogens with zero attached hydrogens (tertiary/aromatic N) is 4. The number of hydrogen-bond donors (Lipinski definition) is 2. The second kappa shape index (κ2) is 11.0. The fraction of sp³-hybridized carbons (Fsp3) is 0.364. The minimum absolute atomic E-state index is 0.121. The normalized spacial score (nSPS) is 11.1. The van der Waals surface area contributed by atoms with Gasteiger partial charge in [0.15, 0.2) is 6.10 Å². The van der Waals surface area contributed by atoms with Crippen LogP contribution in [-0.2, 0) is 0 Å². The summed E-state index contributed by atoms with van der Waals surface area (Å²) in [5.74, 6) is 0.336. The first-order valence-electron chi connectivity index (χ1n) is 10.1. The van der Waals surface area contributed by atoms with Crippen molar-refractivity contribution in [2.75, 3.05) is 45.9 Å². The van der Waals surface area contributed by atoms with Gasteiger partial charge in [0.25, 0.3) is 5.91 Å². The summed E-state index contributed by atoms with van der Waals surface area (Å²) in [4.78, 5) is 24.4. The van der Waals surface area contributed by atoms with Gasteiger partial charge in [-0.2, -0.15) is 5.26 Å². The van der Waals surface area contributed by atoms with Gasteiger partial charge in [0.05, 0.1) is 27.6 Å². The summed E-state index contributed by atoms with van der Waals surface area (Å²) < 4.78 is 31.5. The third kappa shape index (κ3) is 5.71. The number of hydrogen-bond acceptors (Lipinski definition) is 8. The van der Waals surface area contributed by atoms with Gasteiger partial charge in [-0.1, -0.05) is 0 Å². The number of nitrogens with one attached hydrogen (secondary N) is 2. The number of aromatic nitrogens is 2. The van der Waals surface area contributed by atoms with Gasteiger partial charge in [0, 0.05) is 19.2 Å².